The van der Waals surface area contributed by atoms with Gasteiger partial charge in [0.15, 0.2) is 11.5 Å². The van der Waals surface area contributed by atoms with E-state index in [4.69, 9.17) is 9.26 Å². The lowest BCUT2D eigenvalue weighted by molar-refractivity contribution is -0.0457. The first-order valence-corrected chi connectivity index (χ1v) is 11.3. The number of pyridine rings is 1. The Labute approximate surface area is 175 Å². The van der Waals surface area contributed by atoms with Gasteiger partial charge in [0.1, 0.15) is 0 Å². The fourth-order valence-electron chi connectivity index (χ4n) is 3.79. The van der Waals surface area contributed by atoms with Gasteiger partial charge in [0.2, 0.25) is 0 Å². The largest absolute Gasteiger partial charge is 0.373 e. The van der Waals surface area contributed by atoms with Gasteiger partial charge in [-0.2, -0.15) is 17.0 Å². The number of aromatic nitrogens is 2. The van der Waals surface area contributed by atoms with Gasteiger partial charge >= 0.3 is 0 Å². The van der Waals surface area contributed by atoms with E-state index in [1.165, 1.54) is 8.61 Å². The molecule has 4 rings (SSSR count). The molecular formula is C19H25N5O5S. The fraction of sp³-hybridized carbons (Fsp3) is 0.526. The van der Waals surface area contributed by atoms with Gasteiger partial charge < -0.3 is 14.2 Å². The van der Waals surface area contributed by atoms with Crippen LogP contribution in [-0.2, 0) is 14.9 Å². The van der Waals surface area contributed by atoms with Crippen LogP contribution >= 0.6 is 0 Å². The minimum atomic E-state index is -3.59. The molecular weight excluding hydrogens is 410 g/mol. The minimum Gasteiger partial charge on any atom is -0.373 e. The summed E-state index contributed by atoms with van der Waals surface area (Å²) in [6, 6.07) is 5.17. The van der Waals surface area contributed by atoms with Crippen LogP contribution in [0.4, 0.5) is 0 Å². The van der Waals surface area contributed by atoms with Crippen molar-refractivity contribution in [2.75, 3.05) is 39.3 Å². The van der Waals surface area contributed by atoms with Crippen molar-refractivity contribution < 1.29 is 22.5 Å². The summed E-state index contributed by atoms with van der Waals surface area (Å²) < 4.78 is 39.8. The molecule has 2 aliphatic heterocycles. The molecule has 2 saturated heterocycles. The van der Waals surface area contributed by atoms with E-state index < -0.39 is 10.2 Å². The Morgan fingerprint density at radius 3 is 2.43 bits per heavy atom. The molecule has 1 amide bonds. The Kier molecular flexibility index (Phi) is 5.87. The van der Waals surface area contributed by atoms with Gasteiger partial charge in [0, 0.05) is 63.3 Å². The highest BCUT2D eigenvalue weighted by Crippen LogP contribution is 2.22. The van der Waals surface area contributed by atoms with Gasteiger partial charge in [0.25, 0.3) is 16.1 Å². The summed E-state index contributed by atoms with van der Waals surface area (Å²) in [7, 11) is -3.59. The summed E-state index contributed by atoms with van der Waals surface area (Å²) in [4.78, 5) is 18.4. The molecule has 0 spiro atoms. The monoisotopic (exact) mass is 435 g/mol. The van der Waals surface area contributed by atoms with E-state index in [1.807, 2.05) is 19.9 Å². The summed E-state index contributed by atoms with van der Waals surface area (Å²) >= 11 is 0. The molecule has 0 unspecified atom stereocenters. The van der Waals surface area contributed by atoms with Crippen molar-refractivity contribution in [3.8, 4) is 11.3 Å². The van der Waals surface area contributed by atoms with Gasteiger partial charge in [-0.05, 0) is 26.0 Å². The van der Waals surface area contributed by atoms with Crippen molar-refractivity contribution in [3.63, 3.8) is 0 Å². The molecule has 2 fully saturated rings. The van der Waals surface area contributed by atoms with E-state index in [0.717, 1.165) is 5.56 Å². The number of piperazine rings is 1. The molecule has 0 saturated carbocycles. The fourth-order valence-corrected chi connectivity index (χ4v) is 5.53. The number of nitrogens with zero attached hydrogens (tertiary/aromatic N) is 5. The molecule has 11 heteroatoms. The molecule has 2 atom stereocenters. The Morgan fingerprint density at radius 2 is 1.80 bits per heavy atom. The van der Waals surface area contributed by atoms with Crippen LogP contribution in [0.25, 0.3) is 11.3 Å². The lowest BCUT2D eigenvalue weighted by Gasteiger charge is -2.40. The van der Waals surface area contributed by atoms with Crippen molar-refractivity contribution in [2.24, 2.45) is 0 Å². The summed E-state index contributed by atoms with van der Waals surface area (Å²) in [5.74, 6) is 0.183. The predicted molar refractivity (Wildman–Crippen MR) is 108 cm³/mol. The normalized spacial score (nSPS) is 24.1. The first-order chi connectivity index (χ1) is 14.3. The number of hydrogen-bond acceptors (Lipinski definition) is 7. The molecule has 162 valence electrons. The summed E-state index contributed by atoms with van der Waals surface area (Å²) in [5.41, 5.74) is 0.926. The zero-order valence-corrected chi connectivity index (χ0v) is 17.8. The van der Waals surface area contributed by atoms with Crippen LogP contribution in [0.15, 0.2) is 35.1 Å². The molecule has 0 aromatic carbocycles. The van der Waals surface area contributed by atoms with Crippen molar-refractivity contribution in [2.45, 2.75) is 26.1 Å². The highest BCUT2D eigenvalue weighted by molar-refractivity contribution is 7.86. The first kappa shape index (κ1) is 20.9. The molecule has 10 nitrogen and oxygen atoms in total. The quantitative estimate of drug-likeness (QED) is 0.700. The molecule has 4 heterocycles. The van der Waals surface area contributed by atoms with Gasteiger partial charge in [0.05, 0.1) is 12.2 Å². The predicted octanol–water partition coefficient (Wildman–Crippen LogP) is 0.848. The van der Waals surface area contributed by atoms with Gasteiger partial charge in [-0.1, -0.05) is 5.16 Å². The van der Waals surface area contributed by atoms with E-state index in [9.17, 15) is 13.2 Å². The van der Waals surface area contributed by atoms with Crippen LogP contribution in [0.5, 0.6) is 0 Å². The van der Waals surface area contributed by atoms with Crippen LogP contribution < -0.4 is 0 Å². The SMILES string of the molecule is C[C@H]1CN(S(=O)(=O)N2CCN(C(=O)c3cc(-c4cccnc4)on3)CC2)C[C@H](C)O1. The van der Waals surface area contributed by atoms with E-state index in [2.05, 4.69) is 10.1 Å². The Morgan fingerprint density at radius 1 is 1.10 bits per heavy atom. The minimum absolute atomic E-state index is 0.146. The molecule has 2 aromatic heterocycles. The standard InChI is InChI=1S/C19H25N5O5S/c1-14-12-24(13-15(2)28-14)30(26,27)23-8-6-22(7-9-23)19(25)17-10-18(29-21-17)16-4-3-5-20-11-16/h3-5,10-11,14-15H,6-9,12-13H2,1-2H3/t14-,15-/m0/s1. The average Bonchev–Trinajstić information content (AvgIpc) is 3.23. The molecule has 2 aliphatic rings. The van der Waals surface area contributed by atoms with Crippen LogP contribution in [0, 0.1) is 0 Å². The second-order valence-electron chi connectivity index (χ2n) is 7.59. The van der Waals surface area contributed by atoms with Crippen LogP contribution in [0.2, 0.25) is 0 Å². The molecule has 0 aliphatic carbocycles. The Balaban J connectivity index is 1.38. The molecule has 0 N–H and O–H groups in total. The zero-order chi connectivity index (χ0) is 21.3. The number of morpholine rings is 1. The van der Waals surface area contributed by atoms with Crippen molar-refractivity contribution in [3.05, 3.63) is 36.3 Å². The number of amides is 1. The topological polar surface area (TPSA) is 109 Å². The maximum absolute atomic E-state index is 13.0. The zero-order valence-electron chi connectivity index (χ0n) is 17.0. The number of rotatable bonds is 4. The van der Waals surface area contributed by atoms with Gasteiger partial charge in [-0.3, -0.25) is 9.78 Å². The average molecular weight is 436 g/mol. The van der Waals surface area contributed by atoms with E-state index in [-0.39, 0.29) is 36.9 Å². The number of hydrogen-bond donors (Lipinski definition) is 0. The lowest BCUT2D eigenvalue weighted by Crippen LogP contribution is -2.57. The van der Waals surface area contributed by atoms with Crippen LogP contribution in [0.1, 0.15) is 24.3 Å². The number of carbonyl (C=O) groups is 1. The Hall–Kier alpha value is -2.34. The highest BCUT2D eigenvalue weighted by atomic mass is 32.2. The van der Waals surface area contributed by atoms with E-state index >= 15 is 0 Å². The third-order valence-corrected chi connectivity index (χ3v) is 7.21. The van der Waals surface area contributed by atoms with Crippen molar-refractivity contribution in [1.82, 2.24) is 23.7 Å². The third kappa shape index (κ3) is 4.24. The third-order valence-electron chi connectivity index (χ3n) is 5.24. The number of carbonyl (C=O) groups excluding carboxylic acids is 1. The molecule has 0 radical (unpaired) electrons. The second kappa shape index (κ2) is 8.42. The van der Waals surface area contributed by atoms with Crippen LogP contribution in [-0.4, -0.2) is 89.5 Å². The lowest BCUT2D eigenvalue weighted by atomic mass is 10.2. The van der Waals surface area contributed by atoms with E-state index in [0.29, 0.717) is 31.9 Å². The Bertz CT molecular complexity index is 978. The smallest absolute Gasteiger partial charge is 0.282 e. The van der Waals surface area contributed by atoms with E-state index in [1.54, 1.807) is 29.4 Å². The summed E-state index contributed by atoms with van der Waals surface area (Å²) in [5, 5.41) is 3.88. The van der Waals surface area contributed by atoms with Crippen molar-refractivity contribution >= 4 is 16.1 Å². The summed E-state index contributed by atoms with van der Waals surface area (Å²) in [6.45, 7) is 5.47. The molecule has 30 heavy (non-hydrogen) atoms. The van der Waals surface area contributed by atoms with Gasteiger partial charge in [-0.25, -0.2) is 0 Å². The second-order valence-corrected chi connectivity index (χ2v) is 9.52. The van der Waals surface area contributed by atoms with Crippen molar-refractivity contribution in [1.29, 1.82) is 0 Å². The highest BCUT2D eigenvalue weighted by Gasteiger charge is 2.37. The summed E-state index contributed by atoms with van der Waals surface area (Å²) in [6.07, 6.45) is 2.99. The first-order valence-electron chi connectivity index (χ1n) is 9.91. The number of ether oxygens (including phenoxy) is 1. The maximum Gasteiger partial charge on any atom is 0.282 e. The molecule has 0 bridgehead atoms. The maximum atomic E-state index is 13.0. The molecule has 2 aromatic rings. The van der Waals surface area contributed by atoms with Gasteiger partial charge in [-0.15, -0.1) is 0 Å². The van der Waals surface area contributed by atoms with Crippen LogP contribution in [0.3, 0.4) is 0 Å².